The summed E-state index contributed by atoms with van der Waals surface area (Å²) >= 11 is 0. The summed E-state index contributed by atoms with van der Waals surface area (Å²) in [5.41, 5.74) is 0.0834. The van der Waals surface area contributed by atoms with E-state index in [4.69, 9.17) is 0 Å². The topological polar surface area (TPSA) is 86.0 Å². The fourth-order valence-corrected chi connectivity index (χ4v) is 2.08. The van der Waals surface area contributed by atoms with Gasteiger partial charge in [0.25, 0.3) is 5.56 Å². The molecule has 2 aromatic rings. The molecule has 2 rings (SSSR count). The van der Waals surface area contributed by atoms with Gasteiger partial charge in [-0.3, -0.25) is 19.1 Å². The first kappa shape index (κ1) is 15.7. The molecule has 0 atom stereocenters. The summed E-state index contributed by atoms with van der Waals surface area (Å²) in [6.07, 6.45) is 4.65. The Morgan fingerprint density at radius 2 is 2.05 bits per heavy atom. The number of nitrogens with zero attached hydrogens (tertiary/aromatic N) is 3. The average Bonchev–Trinajstić information content (AvgIpc) is 2.51. The number of aryl methyl sites for hydroxylation is 2. The number of hydrogen-bond donors (Lipinski definition) is 1. The maximum Gasteiger partial charge on any atom is 0.330 e. The van der Waals surface area contributed by atoms with Gasteiger partial charge in [0.2, 0.25) is 5.91 Å². The van der Waals surface area contributed by atoms with Gasteiger partial charge in [0, 0.05) is 38.6 Å². The van der Waals surface area contributed by atoms with E-state index in [1.807, 2.05) is 18.2 Å². The highest BCUT2D eigenvalue weighted by molar-refractivity contribution is 5.90. The molecule has 0 aliphatic carbocycles. The van der Waals surface area contributed by atoms with Gasteiger partial charge in [0.05, 0.1) is 0 Å². The molecule has 116 valence electrons. The second-order valence-electron chi connectivity index (χ2n) is 5.02. The van der Waals surface area contributed by atoms with Crippen LogP contribution in [0, 0.1) is 0 Å². The lowest BCUT2D eigenvalue weighted by Gasteiger charge is -2.08. The molecule has 0 unspecified atom stereocenters. The number of carbonyl (C=O) groups is 1. The lowest BCUT2D eigenvalue weighted by atomic mass is 10.1. The molecule has 0 aliphatic rings. The first-order chi connectivity index (χ1) is 10.5. The molecule has 22 heavy (non-hydrogen) atoms. The molecule has 2 heterocycles. The lowest BCUT2D eigenvalue weighted by molar-refractivity contribution is -0.116. The zero-order valence-corrected chi connectivity index (χ0v) is 12.6. The van der Waals surface area contributed by atoms with Gasteiger partial charge in [-0.15, -0.1) is 0 Å². The summed E-state index contributed by atoms with van der Waals surface area (Å²) < 4.78 is 2.22. The highest BCUT2D eigenvalue weighted by atomic mass is 16.2. The van der Waals surface area contributed by atoms with Crippen LogP contribution in [0.5, 0.6) is 0 Å². The molecule has 2 aromatic heterocycles. The molecule has 0 aliphatic heterocycles. The van der Waals surface area contributed by atoms with E-state index < -0.39 is 11.2 Å². The minimum absolute atomic E-state index is 0.104. The van der Waals surface area contributed by atoms with Gasteiger partial charge in [0.1, 0.15) is 5.69 Å². The van der Waals surface area contributed by atoms with Gasteiger partial charge in [0.15, 0.2) is 0 Å². The third-order valence-electron chi connectivity index (χ3n) is 3.28. The minimum Gasteiger partial charge on any atom is -0.320 e. The van der Waals surface area contributed by atoms with Gasteiger partial charge in [-0.2, -0.15) is 0 Å². The van der Waals surface area contributed by atoms with Crippen LogP contribution in [0.2, 0.25) is 0 Å². The van der Waals surface area contributed by atoms with Crippen molar-refractivity contribution in [1.29, 1.82) is 0 Å². The monoisotopic (exact) mass is 302 g/mol. The van der Waals surface area contributed by atoms with Crippen LogP contribution >= 0.6 is 0 Å². The zero-order valence-electron chi connectivity index (χ0n) is 12.6. The second-order valence-corrected chi connectivity index (χ2v) is 5.02. The van der Waals surface area contributed by atoms with Gasteiger partial charge in [-0.05, 0) is 25.0 Å². The first-order valence-electron chi connectivity index (χ1n) is 6.95. The largest absolute Gasteiger partial charge is 0.330 e. The van der Waals surface area contributed by atoms with Gasteiger partial charge >= 0.3 is 5.69 Å². The number of aromatic nitrogens is 3. The van der Waals surface area contributed by atoms with Crippen molar-refractivity contribution in [3.8, 4) is 0 Å². The Morgan fingerprint density at radius 3 is 2.73 bits per heavy atom. The van der Waals surface area contributed by atoms with Crippen LogP contribution in [0.25, 0.3) is 0 Å². The first-order valence-corrected chi connectivity index (χ1v) is 6.95. The lowest BCUT2D eigenvalue weighted by Crippen LogP contribution is -2.38. The number of rotatable bonds is 5. The van der Waals surface area contributed by atoms with Crippen LogP contribution in [-0.2, 0) is 25.3 Å². The Kier molecular flexibility index (Phi) is 4.88. The van der Waals surface area contributed by atoms with E-state index in [0.29, 0.717) is 12.8 Å². The summed E-state index contributed by atoms with van der Waals surface area (Å²) in [7, 11) is 2.90. The molecule has 0 radical (unpaired) electrons. The quantitative estimate of drug-likeness (QED) is 0.868. The van der Waals surface area contributed by atoms with Crippen LogP contribution in [0.1, 0.15) is 18.5 Å². The van der Waals surface area contributed by atoms with Crippen molar-refractivity contribution in [2.75, 3.05) is 5.32 Å². The van der Waals surface area contributed by atoms with E-state index in [-0.39, 0.29) is 18.0 Å². The van der Waals surface area contributed by atoms with E-state index >= 15 is 0 Å². The second kappa shape index (κ2) is 6.84. The van der Waals surface area contributed by atoms with Crippen molar-refractivity contribution in [3.05, 3.63) is 57.1 Å². The fraction of sp³-hybridized carbons (Fsp3) is 0.333. The third-order valence-corrected chi connectivity index (χ3v) is 3.28. The van der Waals surface area contributed by atoms with Crippen molar-refractivity contribution in [3.63, 3.8) is 0 Å². The summed E-state index contributed by atoms with van der Waals surface area (Å²) in [6.45, 7) is 0. The molecule has 0 aromatic carbocycles. The smallest absolute Gasteiger partial charge is 0.320 e. The van der Waals surface area contributed by atoms with E-state index in [0.717, 1.165) is 10.3 Å². The van der Waals surface area contributed by atoms with Crippen molar-refractivity contribution in [1.82, 2.24) is 14.1 Å². The maximum atomic E-state index is 11.9. The molecule has 0 saturated carbocycles. The Bertz CT molecular complexity index is 778. The van der Waals surface area contributed by atoms with Crippen LogP contribution in [0.3, 0.4) is 0 Å². The summed E-state index contributed by atoms with van der Waals surface area (Å²) in [4.78, 5) is 39.5. The maximum absolute atomic E-state index is 11.9. The zero-order chi connectivity index (χ0) is 16.1. The molecule has 1 amide bonds. The van der Waals surface area contributed by atoms with E-state index in [1.54, 1.807) is 6.20 Å². The SMILES string of the molecule is Cn1cc(NC(=O)CCCc2ccccn2)c(=O)n(C)c1=O. The van der Waals surface area contributed by atoms with E-state index in [1.165, 1.54) is 24.9 Å². The fourth-order valence-electron chi connectivity index (χ4n) is 2.08. The molecule has 1 N–H and O–H groups in total. The standard InChI is InChI=1S/C15H18N4O3/c1-18-10-12(14(21)19(2)15(18)22)17-13(20)8-5-7-11-6-3-4-9-16-11/h3-4,6,9-10H,5,7-8H2,1-2H3,(H,17,20). The highest BCUT2D eigenvalue weighted by Gasteiger charge is 2.10. The highest BCUT2D eigenvalue weighted by Crippen LogP contribution is 2.03. The van der Waals surface area contributed by atoms with Crippen LogP contribution in [0.15, 0.2) is 40.2 Å². The predicted molar refractivity (Wildman–Crippen MR) is 82.7 cm³/mol. The predicted octanol–water partition coefficient (Wildman–Crippen LogP) is 0.440. The van der Waals surface area contributed by atoms with E-state index in [2.05, 4.69) is 10.3 Å². The average molecular weight is 302 g/mol. The van der Waals surface area contributed by atoms with Gasteiger partial charge in [-0.25, -0.2) is 4.79 Å². The number of hydrogen-bond acceptors (Lipinski definition) is 4. The normalized spacial score (nSPS) is 10.5. The van der Waals surface area contributed by atoms with Gasteiger partial charge in [-0.1, -0.05) is 6.07 Å². The number of carbonyl (C=O) groups excluding carboxylic acids is 1. The Balaban J connectivity index is 1.95. The molecule has 0 bridgehead atoms. The van der Waals surface area contributed by atoms with Crippen molar-refractivity contribution in [2.45, 2.75) is 19.3 Å². The Labute approximate surface area is 127 Å². The molecule has 7 heteroatoms. The molecule has 0 saturated heterocycles. The minimum atomic E-state index is -0.513. The van der Waals surface area contributed by atoms with Crippen molar-refractivity contribution >= 4 is 11.6 Å². The molecular weight excluding hydrogens is 284 g/mol. The summed E-state index contributed by atoms with van der Waals surface area (Å²) in [5, 5.41) is 2.55. The van der Waals surface area contributed by atoms with Crippen LogP contribution < -0.4 is 16.6 Å². The number of pyridine rings is 1. The summed E-state index contributed by atoms with van der Waals surface area (Å²) in [6, 6.07) is 5.64. The van der Waals surface area contributed by atoms with Crippen molar-refractivity contribution < 1.29 is 4.79 Å². The Morgan fingerprint density at radius 1 is 1.27 bits per heavy atom. The number of nitrogens with one attached hydrogen (secondary N) is 1. The van der Waals surface area contributed by atoms with Crippen LogP contribution in [-0.4, -0.2) is 20.0 Å². The van der Waals surface area contributed by atoms with Crippen molar-refractivity contribution in [2.24, 2.45) is 14.1 Å². The molecule has 0 spiro atoms. The van der Waals surface area contributed by atoms with Crippen LogP contribution in [0.4, 0.5) is 5.69 Å². The molecule has 7 nitrogen and oxygen atoms in total. The Hall–Kier alpha value is -2.70. The molecular formula is C15H18N4O3. The summed E-state index contributed by atoms with van der Waals surface area (Å²) in [5.74, 6) is -0.258. The third kappa shape index (κ3) is 3.69. The van der Waals surface area contributed by atoms with Gasteiger partial charge < -0.3 is 9.88 Å². The van der Waals surface area contributed by atoms with E-state index in [9.17, 15) is 14.4 Å². The molecule has 0 fully saturated rings. The number of anilines is 1. The number of amides is 1.